The molecule has 1 unspecified atom stereocenters. The summed E-state index contributed by atoms with van der Waals surface area (Å²) in [6.45, 7) is 4.15. The molecular weight excluding hydrogens is 137 g/mol. The molecule has 1 N–H and O–H groups in total. The van der Waals surface area contributed by atoms with Crippen molar-refractivity contribution in [3.63, 3.8) is 0 Å². The van der Waals surface area contributed by atoms with E-state index in [0.29, 0.717) is 6.29 Å². The van der Waals surface area contributed by atoms with Gasteiger partial charge < -0.3 is 4.89 Å². The SMILES string of the molecule is CCN(C)CP(C)(=O)O. The molecule has 0 rings (SSSR count). The Balaban J connectivity index is 3.60. The third kappa shape index (κ3) is 6.03. The first-order chi connectivity index (χ1) is 3.95. The molecule has 4 heteroatoms. The maximum Gasteiger partial charge on any atom is 0.211 e. The zero-order valence-electron chi connectivity index (χ0n) is 6.16. The lowest BCUT2D eigenvalue weighted by Gasteiger charge is -2.14. The molecule has 0 spiro atoms. The second-order valence-electron chi connectivity index (χ2n) is 2.36. The van der Waals surface area contributed by atoms with Crippen molar-refractivity contribution in [1.82, 2.24) is 4.90 Å². The molecular formula is C5H14NO2P. The first kappa shape index (κ1) is 9.15. The molecule has 0 fully saturated rings. The van der Waals surface area contributed by atoms with Gasteiger partial charge in [-0.1, -0.05) is 6.92 Å². The van der Waals surface area contributed by atoms with Gasteiger partial charge >= 0.3 is 0 Å². The lowest BCUT2D eigenvalue weighted by Crippen LogP contribution is -2.18. The predicted octanol–water partition coefficient (Wildman–Crippen LogP) is 0.796. The third-order valence-electron chi connectivity index (χ3n) is 1.04. The molecule has 0 aliphatic carbocycles. The number of rotatable bonds is 3. The van der Waals surface area contributed by atoms with Gasteiger partial charge in [0.25, 0.3) is 0 Å². The van der Waals surface area contributed by atoms with Crippen molar-refractivity contribution < 1.29 is 9.46 Å². The van der Waals surface area contributed by atoms with Gasteiger partial charge in [-0.3, -0.25) is 9.46 Å². The standard InChI is InChI=1S/C5H14NO2P/c1-4-6(2)5-9(3,7)8/h4-5H2,1-3H3,(H,7,8). The Morgan fingerprint density at radius 3 is 2.22 bits per heavy atom. The molecule has 0 aromatic heterocycles. The van der Waals surface area contributed by atoms with E-state index in [1.807, 2.05) is 18.9 Å². The summed E-state index contributed by atoms with van der Waals surface area (Å²) in [5.74, 6) is 0. The molecule has 0 heterocycles. The van der Waals surface area contributed by atoms with Crippen LogP contribution in [0, 0.1) is 0 Å². The second kappa shape index (κ2) is 3.35. The van der Waals surface area contributed by atoms with E-state index in [-0.39, 0.29) is 0 Å². The van der Waals surface area contributed by atoms with E-state index in [1.165, 1.54) is 6.66 Å². The van der Waals surface area contributed by atoms with Crippen molar-refractivity contribution in [2.24, 2.45) is 0 Å². The Morgan fingerprint density at radius 1 is 1.67 bits per heavy atom. The van der Waals surface area contributed by atoms with Crippen molar-refractivity contribution in [2.75, 3.05) is 26.5 Å². The Kier molecular flexibility index (Phi) is 3.41. The van der Waals surface area contributed by atoms with Gasteiger partial charge in [-0.05, 0) is 13.6 Å². The Bertz CT molecular complexity index is 120. The summed E-state index contributed by atoms with van der Waals surface area (Å²) < 4.78 is 10.7. The molecule has 0 aliphatic heterocycles. The lowest BCUT2D eigenvalue weighted by atomic mass is 10.7. The van der Waals surface area contributed by atoms with Crippen LogP contribution < -0.4 is 0 Å². The van der Waals surface area contributed by atoms with Gasteiger partial charge in [0.1, 0.15) is 0 Å². The average molecular weight is 151 g/mol. The highest BCUT2D eigenvalue weighted by Gasteiger charge is 2.10. The minimum Gasteiger partial charge on any atom is -0.344 e. The molecule has 0 aliphatic rings. The number of nitrogens with zero attached hydrogens (tertiary/aromatic N) is 1. The van der Waals surface area contributed by atoms with E-state index in [1.54, 1.807) is 0 Å². The average Bonchev–Trinajstić information content (AvgIpc) is 1.62. The molecule has 0 bridgehead atoms. The summed E-state index contributed by atoms with van der Waals surface area (Å²) in [7, 11) is -0.987. The highest BCUT2D eigenvalue weighted by atomic mass is 31.2. The summed E-state index contributed by atoms with van der Waals surface area (Å²) in [5, 5.41) is 0. The second-order valence-corrected chi connectivity index (χ2v) is 4.75. The highest BCUT2D eigenvalue weighted by Crippen LogP contribution is 2.34. The van der Waals surface area contributed by atoms with Crippen LogP contribution in [0.25, 0.3) is 0 Å². The maximum atomic E-state index is 10.7. The molecule has 9 heavy (non-hydrogen) atoms. The van der Waals surface area contributed by atoms with Gasteiger partial charge in [0.05, 0.1) is 6.29 Å². The van der Waals surface area contributed by atoms with Crippen LogP contribution in [0.3, 0.4) is 0 Å². The van der Waals surface area contributed by atoms with E-state index in [9.17, 15) is 4.57 Å². The summed E-state index contributed by atoms with van der Waals surface area (Å²) in [4.78, 5) is 10.7. The predicted molar refractivity (Wildman–Crippen MR) is 38.9 cm³/mol. The summed E-state index contributed by atoms with van der Waals surface area (Å²) in [5.41, 5.74) is 0. The van der Waals surface area contributed by atoms with Crippen LogP contribution in [0.1, 0.15) is 6.92 Å². The van der Waals surface area contributed by atoms with E-state index in [4.69, 9.17) is 4.89 Å². The molecule has 0 aromatic rings. The van der Waals surface area contributed by atoms with Crippen molar-refractivity contribution in [3.05, 3.63) is 0 Å². The van der Waals surface area contributed by atoms with E-state index >= 15 is 0 Å². The highest BCUT2D eigenvalue weighted by molar-refractivity contribution is 7.57. The molecule has 3 nitrogen and oxygen atoms in total. The van der Waals surface area contributed by atoms with Crippen molar-refractivity contribution in [3.8, 4) is 0 Å². The van der Waals surface area contributed by atoms with Gasteiger partial charge in [-0.25, -0.2) is 0 Å². The summed E-state index contributed by atoms with van der Waals surface area (Å²) >= 11 is 0. The smallest absolute Gasteiger partial charge is 0.211 e. The normalized spacial score (nSPS) is 17.9. The quantitative estimate of drug-likeness (QED) is 0.606. The molecule has 0 saturated heterocycles. The van der Waals surface area contributed by atoms with Crippen LogP contribution in [-0.2, 0) is 4.57 Å². The molecule has 0 aromatic carbocycles. The minimum absolute atomic E-state index is 0.295. The van der Waals surface area contributed by atoms with Crippen LogP contribution in [0.5, 0.6) is 0 Å². The van der Waals surface area contributed by atoms with Gasteiger partial charge in [-0.15, -0.1) is 0 Å². The van der Waals surface area contributed by atoms with Crippen LogP contribution in [0.2, 0.25) is 0 Å². The third-order valence-corrected chi connectivity index (χ3v) is 2.05. The number of hydrogen-bond acceptors (Lipinski definition) is 2. The van der Waals surface area contributed by atoms with Gasteiger partial charge in [0, 0.05) is 6.66 Å². The van der Waals surface area contributed by atoms with Gasteiger partial charge in [0.2, 0.25) is 7.37 Å². The molecule has 0 radical (unpaired) electrons. The largest absolute Gasteiger partial charge is 0.344 e. The summed E-state index contributed by atoms with van der Waals surface area (Å²) in [6, 6.07) is 0. The van der Waals surface area contributed by atoms with Crippen molar-refractivity contribution in [1.29, 1.82) is 0 Å². The minimum atomic E-state index is -2.81. The van der Waals surface area contributed by atoms with Crippen LogP contribution >= 0.6 is 7.37 Å². The fourth-order valence-corrected chi connectivity index (χ4v) is 1.64. The Morgan fingerprint density at radius 2 is 2.11 bits per heavy atom. The van der Waals surface area contributed by atoms with Crippen LogP contribution in [0.4, 0.5) is 0 Å². The van der Waals surface area contributed by atoms with E-state index in [2.05, 4.69) is 0 Å². The van der Waals surface area contributed by atoms with Crippen molar-refractivity contribution in [2.45, 2.75) is 6.92 Å². The Hall–Kier alpha value is 0.150. The van der Waals surface area contributed by atoms with E-state index < -0.39 is 7.37 Å². The van der Waals surface area contributed by atoms with Crippen LogP contribution in [0.15, 0.2) is 0 Å². The first-order valence-corrected chi connectivity index (χ1v) is 5.22. The monoisotopic (exact) mass is 151 g/mol. The summed E-state index contributed by atoms with van der Waals surface area (Å²) in [6.07, 6.45) is 0.295. The van der Waals surface area contributed by atoms with Gasteiger partial charge in [-0.2, -0.15) is 0 Å². The van der Waals surface area contributed by atoms with Crippen LogP contribution in [-0.4, -0.2) is 36.3 Å². The zero-order valence-corrected chi connectivity index (χ0v) is 7.06. The maximum absolute atomic E-state index is 10.7. The lowest BCUT2D eigenvalue weighted by molar-refractivity contribution is 0.378. The van der Waals surface area contributed by atoms with E-state index in [0.717, 1.165) is 6.54 Å². The van der Waals surface area contributed by atoms with Crippen molar-refractivity contribution >= 4 is 7.37 Å². The topological polar surface area (TPSA) is 40.5 Å². The fraction of sp³-hybridized carbons (Fsp3) is 1.00. The zero-order chi connectivity index (χ0) is 7.49. The molecule has 0 saturated carbocycles. The molecule has 1 atom stereocenters. The molecule has 0 amide bonds. The molecule has 56 valence electrons. The first-order valence-electron chi connectivity index (χ1n) is 2.93. The fourth-order valence-electron chi connectivity index (χ4n) is 0.548. The number of hydrogen-bond donors (Lipinski definition) is 1. The van der Waals surface area contributed by atoms with Gasteiger partial charge in [0.15, 0.2) is 0 Å². The Labute approximate surface area is 56.1 Å².